The van der Waals surface area contributed by atoms with Crippen molar-refractivity contribution in [3.63, 3.8) is 0 Å². The first-order valence-corrected chi connectivity index (χ1v) is 8.75. The zero-order chi connectivity index (χ0) is 19.4. The molecular formula is C21H22N2O4. The third kappa shape index (κ3) is 4.16. The molecule has 2 aromatic carbocycles. The molecular weight excluding hydrogens is 344 g/mol. The maximum Gasteiger partial charge on any atom is 0.271 e. The molecule has 2 aromatic rings. The first-order chi connectivity index (χ1) is 13.0. The normalized spacial score (nSPS) is 16.6. The minimum Gasteiger partial charge on any atom is -0.496 e. The van der Waals surface area contributed by atoms with Crippen molar-refractivity contribution in [2.45, 2.75) is 32.9 Å². The maximum atomic E-state index is 12.8. The minimum atomic E-state index is -0.661. The molecule has 0 N–H and O–H groups in total. The molecule has 1 atom stereocenters. The molecule has 1 aliphatic heterocycles. The number of oxime groups is 1. The topological polar surface area (TPSA) is 68.2 Å². The largest absolute Gasteiger partial charge is 0.496 e. The van der Waals surface area contributed by atoms with Crippen LogP contribution in [0, 0.1) is 0 Å². The first kappa shape index (κ1) is 18.6. The summed E-state index contributed by atoms with van der Waals surface area (Å²) in [5.41, 5.74) is 2.34. The Morgan fingerprint density at radius 2 is 1.96 bits per heavy atom. The second-order valence-corrected chi connectivity index (χ2v) is 6.42. The molecule has 0 radical (unpaired) electrons. The molecule has 0 fully saturated rings. The van der Waals surface area contributed by atoms with E-state index in [2.05, 4.69) is 5.16 Å². The summed E-state index contributed by atoms with van der Waals surface area (Å²) in [6.07, 6.45) is -0.194. The van der Waals surface area contributed by atoms with E-state index in [0.29, 0.717) is 23.6 Å². The van der Waals surface area contributed by atoms with E-state index >= 15 is 0 Å². The van der Waals surface area contributed by atoms with Crippen LogP contribution in [0.5, 0.6) is 5.75 Å². The Morgan fingerprint density at radius 1 is 1.22 bits per heavy atom. The number of rotatable bonds is 6. The van der Waals surface area contributed by atoms with E-state index in [1.807, 2.05) is 30.3 Å². The number of carbonyl (C=O) groups is 2. The van der Waals surface area contributed by atoms with Gasteiger partial charge in [0.15, 0.2) is 11.6 Å². The lowest BCUT2D eigenvalue weighted by Crippen LogP contribution is -2.46. The minimum absolute atomic E-state index is 0.0428. The lowest BCUT2D eigenvalue weighted by atomic mass is 10.0. The van der Waals surface area contributed by atoms with Gasteiger partial charge in [0.05, 0.1) is 13.7 Å². The molecule has 27 heavy (non-hydrogen) atoms. The summed E-state index contributed by atoms with van der Waals surface area (Å²) >= 11 is 0. The van der Waals surface area contributed by atoms with Crippen molar-refractivity contribution >= 4 is 17.5 Å². The second kappa shape index (κ2) is 8.03. The molecule has 0 spiro atoms. The van der Waals surface area contributed by atoms with Crippen LogP contribution < -0.4 is 4.74 Å². The summed E-state index contributed by atoms with van der Waals surface area (Å²) in [6, 6.07) is 15.0. The van der Waals surface area contributed by atoms with Crippen molar-refractivity contribution in [2.75, 3.05) is 7.11 Å². The summed E-state index contributed by atoms with van der Waals surface area (Å²) in [5.74, 6) is 0.926. The van der Waals surface area contributed by atoms with E-state index in [-0.39, 0.29) is 18.2 Å². The predicted molar refractivity (Wildman–Crippen MR) is 102 cm³/mol. The van der Waals surface area contributed by atoms with Crippen molar-refractivity contribution < 1.29 is 19.2 Å². The van der Waals surface area contributed by atoms with Gasteiger partial charge in [0.2, 0.25) is 6.10 Å². The summed E-state index contributed by atoms with van der Waals surface area (Å²) < 4.78 is 5.42. The highest BCUT2D eigenvalue weighted by atomic mass is 16.6. The number of hydrogen-bond acceptors (Lipinski definition) is 5. The Morgan fingerprint density at radius 3 is 2.63 bits per heavy atom. The molecule has 0 bridgehead atoms. The Kier molecular flexibility index (Phi) is 5.54. The monoisotopic (exact) mass is 366 g/mol. The Hall–Kier alpha value is -3.15. The average molecular weight is 366 g/mol. The molecule has 1 unspecified atom stereocenters. The van der Waals surface area contributed by atoms with Crippen LogP contribution in [0.1, 0.15) is 35.3 Å². The Balaban J connectivity index is 1.93. The van der Waals surface area contributed by atoms with Crippen molar-refractivity contribution in [1.29, 1.82) is 0 Å². The van der Waals surface area contributed by atoms with Gasteiger partial charge in [-0.2, -0.15) is 0 Å². The fourth-order valence-electron chi connectivity index (χ4n) is 2.95. The highest BCUT2D eigenvalue weighted by molar-refractivity contribution is 6.01. The number of amidine groups is 1. The number of carbonyl (C=O) groups excluding carboxylic acids is 2. The molecule has 0 saturated carbocycles. The van der Waals surface area contributed by atoms with Crippen LogP contribution >= 0.6 is 0 Å². The van der Waals surface area contributed by atoms with Crippen LogP contribution in [0.4, 0.5) is 0 Å². The zero-order valence-corrected chi connectivity index (χ0v) is 15.6. The number of benzene rings is 2. The molecule has 0 aromatic heterocycles. The van der Waals surface area contributed by atoms with Gasteiger partial charge in [-0.05, 0) is 37.6 Å². The molecule has 3 rings (SSSR count). The molecule has 0 aliphatic carbocycles. The van der Waals surface area contributed by atoms with Crippen molar-refractivity contribution in [1.82, 2.24) is 4.90 Å². The van der Waals surface area contributed by atoms with Crippen LogP contribution in [-0.2, 0) is 22.6 Å². The van der Waals surface area contributed by atoms with Crippen molar-refractivity contribution in [2.24, 2.45) is 5.16 Å². The van der Waals surface area contributed by atoms with Gasteiger partial charge in [0.25, 0.3) is 5.91 Å². The maximum absolute atomic E-state index is 12.8. The summed E-state index contributed by atoms with van der Waals surface area (Å²) in [6.45, 7) is 3.43. The fourth-order valence-corrected chi connectivity index (χ4v) is 2.95. The second-order valence-electron chi connectivity index (χ2n) is 6.42. The van der Waals surface area contributed by atoms with E-state index < -0.39 is 6.10 Å². The lowest BCUT2D eigenvalue weighted by Gasteiger charge is -2.30. The molecule has 1 aliphatic rings. The quantitative estimate of drug-likeness (QED) is 0.736. The van der Waals surface area contributed by atoms with Crippen LogP contribution in [0.2, 0.25) is 0 Å². The standard InChI is InChI=1S/C21H22N2O4/c1-14(24)17-9-10-19(26-3)18(12-17)13-23-20(22-27-15(2)21(23)25)11-16-7-5-4-6-8-16/h4-10,12,15H,11,13H2,1-3H3. The molecule has 6 nitrogen and oxygen atoms in total. The Bertz CT molecular complexity index is 877. The SMILES string of the molecule is COc1ccc(C(C)=O)cc1CN1C(=O)C(C)ON=C1Cc1ccccc1. The number of amides is 1. The summed E-state index contributed by atoms with van der Waals surface area (Å²) in [7, 11) is 1.56. The number of ketones is 1. The number of methoxy groups -OCH3 is 1. The van der Waals surface area contributed by atoms with Gasteiger partial charge >= 0.3 is 0 Å². The Labute approximate surface area is 158 Å². The molecule has 140 valence electrons. The summed E-state index contributed by atoms with van der Waals surface area (Å²) in [4.78, 5) is 31.4. The van der Waals surface area contributed by atoms with E-state index in [0.717, 1.165) is 11.1 Å². The third-order valence-corrected chi connectivity index (χ3v) is 4.46. The smallest absolute Gasteiger partial charge is 0.271 e. The zero-order valence-electron chi connectivity index (χ0n) is 15.6. The van der Waals surface area contributed by atoms with Crippen LogP contribution in [0.3, 0.4) is 0 Å². The van der Waals surface area contributed by atoms with E-state index in [4.69, 9.17) is 9.57 Å². The number of hydrogen-bond donors (Lipinski definition) is 0. The predicted octanol–water partition coefficient (Wildman–Crippen LogP) is 3.20. The number of nitrogens with zero attached hydrogens (tertiary/aromatic N) is 2. The fraction of sp³-hybridized carbons (Fsp3) is 0.286. The van der Waals surface area contributed by atoms with Crippen LogP contribution in [-0.4, -0.2) is 35.6 Å². The summed E-state index contributed by atoms with van der Waals surface area (Å²) in [5, 5.41) is 4.16. The van der Waals surface area contributed by atoms with Crippen LogP contribution in [0.25, 0.3) is 0 Å². The average Bonchev–Trinajstić information content (AvgIpc) is 2.68. The molecule has 0 saturated heterocycles. The van der Waals surface area contributed by atoms with Gasteiger partial charge in [0, 0.05) is 17.5 Å². The van der Waals surface area contributed by atoms with Crippen molar-refractivity contribution in [3.05, 3.63) is 65.2 Å². The molecule has 1 heterocycles. The highest BCUT2D eigenvalue weighted by Crippen LogP contribution is 2.24. The first-order valence-electron chi connectivity index (χ1n) is 8.75. The van der Waals surface area contributed by atoms with Gasteiger partial charge in [-0.1, -0.05) is 35.5 Å². The van der Waals surface area contributed by atoms with Gasteiger partial charge in [-0.15, -0.1) is 0 Å². The van der Waals surface area contributed by atoms with Crippen LogP contribution in [0.15, 0.2) is 53.7 Å². The van der Waals surface area contributed by atoms with Gasteiger partial charge < -0.3 is 9.57 Å². The van der Waals surface area contributed by atoms with Gasteiger partial charge in [-0.3, -0.25) is 14.5 Å². The molecule has 6 heteroatoms. The van der Waals surface area contributed by atoms with E-state index in [9.17, 15) is 9.59 Å². The number of Topliss-reactive ketones (excluding diaryl/α,β-unsaturated/α-hetero) is 1. The van der Waals surface area contributed by atoms with Gasteiger partial charge in [0.1, 0.15) is 5.75 Å². The van der Waals surface area contributed by atoms with Crippen molar-refractivity contribution in [3.8, 4) is 5.75 Å². The van der Waals surface area contributed by atoms with E-state index in [1.54, 1.807) is 37.1 Å². The third-order valence-electron chi connectivity index (χ3n) is 4.46. The van der Waals surface area contributed by atoms with Gasteiger partial charge in [-0.25, -0.2) is 0 Å². The molecule has 1 amide bonds. The highest BCUT2D eigenvalue weighted by Gasteiger charge is 2.31. The number of ether oxygens (including phenoxy) is 1. The van der Waals surface area contributed by atoms with E-state index in [1.165, 1.54) is 6.92 Å². The lowest BCUT2D eigenvalue weighted by molar-refractivity contribution is -0.142.